The van der Waals surface area contributed by atoms with Crippen molar-refractivity contribution >= 4 is 11.9 Å². The fraction of sp³-hybridized carbons (Fsp3) is 0.571. The van der Waals surface area contributed by atoms with Crippen LogP contribution in [0.1, 0.15) is 30.5 Å². The summed E-state index contributed by atoms with van der Waals surface area (Å²) in [6.07, 6.45) is -0.330. The van der Waals surface area contributed by atoms with E-state index >= 15 is 0 Å². The van der Waals surface area contributed by atoms with Gasteiger partial charge in [-0.25, -0.2) is 4.79 Å². The van der Waals surface area contributed by atoms with E-state index < -0.39 is 29.1 Å². The molecule has 0 saturated heterocycles. The van der Waals surface area contributed by atoms with Crippen LogP contribution < -0.4 is 11.2 Å². The normalized spacial score (nSPS) is 11.9. The molecule has 0 radical (unpaired) electrons. The summed E-state index contributed by atoms with van der Waals surface area (Å²) in [6.45, 7) is 3.28. The maximum absolute atomic E-state index is 12.4. The highest BCUT2D eigenvalue weighted by Crippen LogP contribution is 2.21. The molecule has 0 aliphatic rings. The number of aromatic nitrogens is 2. The van der Waals surface area contributed by atoms with Crippen molar-refractivity contribution in [1.82, 2.24) is 9.13 Å². The van der Waals surface area contributed by atoms with Crippen LogP contribution in [-0.2, 0) is 33.2 Å². The van der Waals surface area contributed by atoms with Crippen molar-refractivity contribution in [2.45, 2.75) is 26.2 Å². The molecule has 0 spiro atoms. The van der Waals surface area contributed by atoms with Gasteiger partial charge in [0.15, 0.2) is 0 Å². The van der Waals surface area contributed by atoms with Gasteiger partial charge in [-0.15, -0.1) is 0 Å². The molecule has 1 aromatic rings. The number of hydrogen-bond acceptors (Lipinski definition) is 6. The second-order valence-electron chi connectivity index (χ2n) is 4.79. The minimum Gasteiger partial charge on any atom is -0.469 e. The van der Waals surface area contributed by atoms with Gasteiger partial charge in [0.2, 0.25) is 0 Å². The van der Waals surface area contributed by atoms with Crippen molar-refractivity contribution < 1.29 is 19.1 Å². The minimum absolute atomic E-state index is 0.0634. The molecule has 0 aliphatic heterocycles. The van der Waals surface area contributed by atoms with Crippen LogP contribution in [-0.4, -0.2) is 34.8 Å². The minimum atomic E-state index is -1.11. The topological polar surface area (TPSA) is 96.6 Å². The Kier molecular flexibility index (Phi) is 5.67. The summed E-state index contributed by atoms with van der Waals surface area (Å²) in [4.78, 5) is 47.9. The molecule has 8 heteroatoms. The standard InChI is InChI=1S/C14H20N2O6/c1-6-22-13(19)9(7-10(17)21-5)11-8(2)15(3)14(20)16(4)12(11)18/h9H,6-7H2,1-5H3/t9-/m0/s1. The Morgan fingerprint density at radius 2 is 1.77 bits per heavy atom. The predicted octanol–water partition coefficient (Wildman–Crippen LogP) is -0.398. The maximum Gasteiger partial charge on any atom is 0.330 e. The van der Waals surface area contributed by atoms with Gasteiger partial charge in [-0.3, -0.25) is 19.0 Å². The monoisotopic (exact) mass is 312 g/mol. The molecular formula is C14H20N2O6. The molecule has 1 heterocycles. The van der Waals surface area contributed by atoms with Crippen LogP contribution in [0.15, 0.2) is 9.59 Å². The van der Waals surface area contributed by atoms with Gasteiger partial charge >= 0.3 is 17.6 Å². The van der Waals surface area contributed by atoms with Crippen molar-refractivity contribution in [3.8, 4) is 0 Å². The fourth-order valence-corrected chi connectivity index (χ4v) is 2.17. The zero-order valence-electron chi connectivity index (χ0n) is 13.3. The van der Waals surface area contributed by atoms with Crippen molar-refractivity contribution in [3.05, 3.63) is 32.1 Å². The lowest BCUT2D eigenvalue weighted by Gasteiger charge is -2.18. The number of rotatable bonds is 5. The largest absolute Gasteiger partial charge is 0.469 e. The molecule has 0 amide bonds. The number of nitrogens with zero attached hydrogens (tertiary/aromatic N) is 2. The quantitative estimate of drug-likeness (QED) is 0.687. The van der Waals surface area contributed by atoms with Crippen LogP contribution in [0, 0.1) is 6.92 Å². The Morgan fingerprint density at radius 3 is 2.27 bits per heavy atom. The molecule has 0 fully saturated rings. The summed E-state index contributed by atoms with van der Waals surface area (Å²) >= 11 is 0. The van der Waals surface area contributed by atoms with E-state index in [0.29, 0.717) is 5.69 Å². The second kappa shape index (κ2) is 7.06. The Bertz CT molecular complexity index is 701. The van der Waals surface area contributed by atoms with Gasteiger partial charge in [0.25, 0.3) is 5.56 Å². The van der Waals surface area contributed by atoms with Gasteiger partial charge < -0.3 is 14.0 Å². The third-order valence-electron chi connectivity index (χ3n) is 3.52. The van der Waals surface area contributed by atoms with Crippen molar-refractivity contribution in [1.29, 1.82) is 0 Å². The molecule has 0 aromatic carbocycles. The van der Waals surface area contributed by atoms with Gasteiger partial charge in [-0.1, -0.05) is 0 Å². The summed E-state index contributed by atoms with van der Waals surface area (Å²) in [7, 11) is 3.99. The lowest BCUT2D eigenvalue weighted by molar-refractivity contribution is -0.150. The molecule has 0 bridgehead atoms. The average Bonchev–Trinajstić information content (AvgIpc) is 2.50. The summed E-state index contributed by atoms with van der Waals surface area (Å²) in [5.41, 5.74) is -0.752. The first-order valence-electron chi connectivity index (χ1n) is 6.76. The summed E-state index contributed by atoms with van der Waals surface area (Å²) in [5, 5.41) is 0. The Labute approximate surface area is 127 Å². The third-order valence-corrected chi connectivity index (χ3v) is 3.52. The zero-order chi connectivity index (χ0) is 17.0. The first kappa shape index (κ1) is 17.7. The molecule has 0 saturated carbocycles. The molecule has 122 valence electrons. The molecule has 0 N–H and O–H groups in total. The highest BCUT2D eigenvalue weighted by molar-refractivity contribution is 5.84. The molecule has 0 unspecified atom stereocenters. The van der Waals surface area contributed by atoms with Gasteiger partial charge in [-0.2, -0.15) is 0 Å². The average molecular weight is 312 g/mol. The molecular weight excluding hydrogens is 292 g/mol. The van der Waals surface area contributed by atoms with Crippen LogP contribution in [0.2, 0.25) is 0 Å². The number of carbonyl (C=O) groups is 2. The molecule has 1 rings (SSSR count). The van der Waals surface area contributed by atoms with Crippen molar-refractivity contribution in [2.75, 3.05) is 13.7 Å². The van der Waals surface area contributed by atoms with E-state index in [1.165, 1.54) is 25.8 Å². The predicted molar refractivity (Wildman–Crippen MR) is 77.7 cm³/mol. The van der Waals surface area contributed by atoms with E-state index in [-0.39, 0.29) is 18.6 Å². The molecule has 22 heavy (non-hydrogen) atoms. The maximum atomic E-state index is 12.4. The number of hydrogen-bond donors (Lipinski definition) is 0. The van der Waals surface area contributed by atoms with Crippen LogP contribution in [0.3, 0.4) is 0 Å². The van der Waals surface area contributed by atoms with Crippen LogP contribution in [0.5, 0.6) is 0 Å². The van der Waals surface area contributed by atoms with E-state index in [0.717, 1.165) is 4.57 Å². The summed E-state index contributed by atoms with van der Waals surface area (Å²) in [6, 6.07) is 0. The number of carbonyl (C=O) groups excluding carboxylic acids is 2. The Balaban J connectivity index is 3.55. The van der Waals surface area contributed by atoms with Crippen molar-refractivity contribution in [3.63, 3.8) is 0 Å². The van der Waals surface area contributed by atoms with E-state index in [1.807, 2.05) is 0 Å². The van der Waals surface area contributed by atoms with Crippen LogP contribution >= 0.6 is 0 Å². The van der Waals surface area contributed by atoms with Gasteiger partial charge in [0.05, 0.1) is 31.6 Å². The number of esters is 2. The highest BCUT2D eigenvalue weighted by Gasteiger charge is 2.31. The van der Waals surface area contributed by atoms with Gasteiger partial charge in [-0.05, 0) is 13.8 Å². The Hall–Kier alpha value is -2.38. The van der Waals surface area contributed by atoms with Crippen LogP contribution in [0.4, 0.5) is 0 Å². The highest BCUT2D eigenvalue weighted by atomic mass is 16.5. The Morgan fingerprint density at radius 1 is 1.18 bits per heavy atom. The molecule has 1 atom stereocenters. The van der Waals surface area contributed by atoms with E-state index in [1.54, 1.807) is 13.8 Å². The second-order valence-corrected chi connectivity index (χ2v) is 4.79. The number of methoxy groups -OCH3 is 1. The summed E-state index contributed by atoms with van der Waals surface area (Å²) < 4.78 is 11.7. The van der Waals surface area contributed by atoms with Gasteiger partial charge in [0.1, 0.15) is 0 Å². The zero-order valence-corrected chi connectivity index (χ0v) is 13.3. The number of ether oxygens (including phenoxy) is 2. The van der Waals surface area contributed by atoms with Crippen molar-refractivity contribution in [2.24, 2.45) is 14.1 Å². The smallest absolute Gasteiger partial charge is 0.330 e. The van der Waals surface area contributed by atoms with E-state index in [2.05, 4.69) is 4.74 Å². The third kappa shape index (κ3) is 3.26. The van der Waals surface area contributed by atoms with E-state index in [9.17, 15) is 19.2 Å². The molecule has 8 nitrogen and oxygen atoms in total. The lowest BCUT2D eigenvalue weighted by Crippen LogP contribution is -2.42. The van der Waals surface area contributed by atoms with Crippen LogP contribution in [0.25, 0.3) is 0 Å². The lowest BCUT2D eigenvalue weighted by atomic mass is 9.95. The molecule has 1 aromatic heterocycles. The first-order chi connectivity index (χ1) is 10.3. The molecule has 0 aliphatic carbocycles. The van der Waals surface area contributed by atoms with E-state index in [4.69, 9.17) is 4.74 Å². The first-order valence-corrected chi connectivity index (χ1v) is 6.76. The fourth-order valence-electron chi connectivity index (χ4n) is 2.17. The SMILES string of the molecule is CCOC(=O)[C@@H](CC(=O)OC)c1c(C)n(C)c(=O)n(C)c1=O. The van der Waals surface area contributed by atoms with Gasteiger partial charge in [0, 0.05) is 19.8 Å². The summed E-state index contributed by atoms with van der Waals surface area (Å²) in [5.74, 6) is -2.46.